The summed E-state index contributed by atoms with van der Waals surface area (Å²) < 4.78 is 30.5. The summed E-state index contributed by atoms with van der Waals surface area (Å²) in [5, 5.41) is 9.68. The highest BCUT2D eigenvalue weighted by molar-refractivity contribution is 5.77. The minimum Gasteiger partial charge on any atom is -0.387 e. The number of halogens is 2. The van der Waals surface area contributed by atoms with Gasteiger partial charge >= 0.3 is 0 Å². The lowest BCUT2D eigenvalue weighted by Crippen LogP contribution is -2.44. The van der Waals surface area contributed by atoms with Gasteiger partial charge in [-0.1, -0.05) is 51.1 Å². The van der Waals surface area contributed by atoms with Gasteiger partial charge < -0.3 is 20.3 Å². The van der Waals surface area contributed by atoms with Crippen LogP contribution in [0.15, 0.2) is 54.7 Å². The molecule has 3 rings (SSSR count). The zero-order chi connectivity index (χ0) is 24.9. The minimum atomic E-state index is -0.651. The van der Waals surface area contributed by atoms with Gasteiger partial charge in [0.1, 0.15) is 24.1 Å². The number of aliphatic hydroxyl groups excluding tert-OH is 1. The highest BCUT2D eigenvalue weighted by atomic mass is 19.1. The summed E-state index contributed by atoms with van der Waals surface area (Å²) in [4.78, 5) is 19.1. The second kappa shape index (κ2) is 10.9. The van der Waals surface area contributed by atoms with Crippen molar-refractivity contribution in [1.82, 2.24) is 14.5 Å². The van der Waals surface area contributed by atoms with Crippen LogP contribution in [0.4, 0.5) is 8.78 Å². The molecule has 0 aliphatic rings. The van der Waals surface area contributed by atoms with Crippen LogP contribution in [-0.4, -0.2) is 45.2 Å². The van der Waals surface area contributed by atoms with Crippen molar-refractivity contribution in [3.8, 4) is 11.3 Å². The molecule has 3 aromatic rings. The van der Waals surface area contributed by atoms with Gasteiger partial charge in [0, 0.05) is 24.8 Å². The highest BCUT2D eigenvalue weighted by Crippen LogP contribution is 2.39. The van der Waals surface area contributed by atoms with Crippen molar-refractivity contribution in [2.75, 3.05) is 19.7 Å². The molecule has 0 saturated heterocycles. The Kier molecular flexibility index (Phi) is 8.17. The predicted octanol–water partition coefficient (Wildman–Crippen LogP) is 4.13. The Hall–Kier alpha value is -3.10. The third-order valence-corrected chi connectivity index (χ3v) is 5.64. The van der Waals surface area contributed by atoms with E-state index in [9.17, 15) is 18.7 Å². The molecule has 0 bridgehead atoms. The highest BCUT2D eigenvalue weighted by Gasteiger charge is 2.38. The van der Waals surface area contributed by atoms with Crippen LogP contribution >= 0.6 is 0 Å². The molecular weight excluding hydrogens is 438 g/mol. The van der Waals surface area contributed by atoms with Crippen molar-refractivity contribution in [2.45, 2.75) is 39.8 Å². The molecule has 1 atom stereocenters. The fourth-order valence-corrected chi connectivity index (χ4v) is 4.12. The fourth-order valence-electron chi connectivity index (χ4n) is 4.12. The Balaban J connectivity index is 2.20. The smallest absolute Gasteiger partial charge is 0.248 e. The fraction of sp³-hybridized carbons (Fsp3) is 0.385. The van der Waals surface area contributed by atoms with Crippen molar-refractivity contribution in [1.29, 1.82) is 0 Å². The molecule has 0 spiro atoms. The number of nitrogens with two attached hydrogens (primary N) is 1. The van der Waals surface area contributed by atoms with Crippen molar-refractivity contribution in [3.63, 3.8) is 0 Å². The van der Waals surface area contributed by atoms with Gasteiger partial charge in [-0.05, 0) is 42.1 Å². The van der Waals surface area contributed by atoms with Crippen LogP contribution in [0.25, 0.3) is 11.3 Å². The normalized spacial score (nSPS) is 12.6. The van der Waals surface area contributed by atoms with Crippen LogP contribution in [-0.2, 0) is 11.3 Å². The summed E-state index contributed by atoms with van der Waals surface area (Å²) in [6.07, 6.45) is 2.23. The second-order valence-corrected chi connectivity index (χ2v) is 9.38. The maximum Gasteiger partial charge on any atom is 0.248 e. The predicted molar refractivity (Wildman–Crippen MR) is 128 cm³/mol. The summed E-state index contributed by atoms with van der Waals surface area (Å²) in [5.41, 5.74) is 6.52. The number of carbonyl (C=O) groups excluding carboxylic acids is 1. The first-order valence-electron chi connectivity index (χ1n) is 11.3. The van der Waals surface area contributed by atoms with Gasteiger partial charge in [0.2, 0.25) is 5.91 Å². The molecule has 8 heteroatoms. The lowest BCUT2D eigenvalue weighted by Gasteiger charge is -2.39. The van der Waals surface area contributed by atoms with Crippen molar-refractivity contribution in [2.24, 2.45) is 11.1 Å². The third kappa shape index (κ3) is 5.87. The molecule has 6 nitrogen and oxygen atoms in total. The van der Waals surface area contributed by atoms with Crippen LogP contribution in [0.2, 0.25) is 0 Å². The van der Waals surface area contributed by atoms with E-state index in [0.717, 1.165) is 23.8 Å². The average Bonchev–Trinajstić information content (AvgIpc) is 3.19. The van der Waals surface area contributed by atoms with Crippen LogP contribution in [0.5, 0.6) is 0 Å². The van der Waals surface area contributed by atoms with Gasteiger partial charge in [0.05, 0.1) is 11.7 Å². The molecule has 1 unspecified atom stereocenters. The monoisotopic (exact) mass is 470 g/mol. The molecule has 0 fully saturated rings. The lowest BCUT2D eigenvalue weighted by atomic mass is 9.84. The zero-order valence-corrected chi connectivity index (χ0v) is 19.8. The standard InChI is InChI=1S/C26H32F2N4O2/c1-26(2,3)24(32(13-7-12-29)23(34)17-33)25-30-22(20-14-19(27)10-11-21(20)28)16-31(25)15-18-8-5-4-6-9-18/h4-6,8-11,14,16,24,33H,7,12-13,15,17,29H2,1-3H3. The van der Waals surface area contributed by atoms with E-state index in [1.54, 1.807) is 11.1 Å². The molecule has 1 amide bonds. The molecule has 0 aliphatic carbocycles. The van der Waals surface area contributed by atoms with E-state index >= 15 is 0 Å². The van der Waals surface area contributed by atoms with Gasteiger partial charge in [-0.25, -0.2) is 13.8 Å². The molecular formula is C26H32F2N4O2. The summed E-state index contributed by atoms with van der Waals surface area (Å²) in [6.45, 7) is 6.40. The quantitative estimate of drug-likeness (QED) is 0.493. The van der Waals surface area contributed by atoms with Crippen molar-refractivity contribution < 1.29 is 18.7 Å². The molecule has 1 aromatic heterocycles. The Morgan fingerprint density at radius 1 is 1.18 bits per heavy atom. The number of rotatable bonds is 9. The molecule has 0 saturated carbocycles. The SMILES string of the molecule is CC(C)(C)C(c1nc(-c2cc(F)ccc2F)cn1Cc1ccccc1)N(CCCN)C(=O)CO. The molecule has 34 heavy (non-hydrogen) atoms. The van der Waals surface area contributed by atoms with Gasteiger partial charge in [-0.15, -0.1) is 0 Å². The van der Waals surface area contributed by atoms with E-state index in [1.165, 1.54) is 0 Å². The largest absolute Gasteiger partial charge is 0.387 e. The number of nitrogens with zero attached hydrogens (tertiary/aromatic N) is 3. The third-order valence-electron chi connectivity index (χ3n) is 5.64. The van der Waals surface area contributed by atoms with E-state index in [0.29, 0.717) is 31.9 Å². The molecule has 1 heterocycles. The number of amides is 1. The number of carbonyl (C=O) groups is 1. The summed E-state index contributed by atoms with van der Waals surface area (Å²) in [6, 6.07) is 12.4. The summed E-state index contributed by atoms with van der Waals surface area (Å²) >= 11 is 0. The summed E-state index contributed by atoms with van der Waals surface area (Å²) in [7, 11) is 0. The molecule has 0 radical (unpaired) electrons. The molecule has 3 N–H and O–H groups in total. The first-order valence-corrected chi connectivity index (χ1v) is 11.3. The van der Waals surface area contributed by atoms with Crippen LogP contribution in [0, 0.1) is 17.0 Å². The second-order valence-electron chi connectivity index (χ2n) is 9.38. The van der Waals surface area contributed by atoms with Gasteiger partial charge in [0.15, 0.2) is 0 Å². The van der Waals surface area contributed by atoms with E-state index in [2.05, 4.69) is 0 Å². The molecule has 182 valence electrons. The minimum absolute atomic E-state index is 0.0442. The van der Waals surface area contributed by atoms with Gasteiger partial charge in [0.25, 0.3) is 0 Å². The van der Waals surface area contributed by atoms with E-state index in [4.69, 9.17) is 10.7 Å². The Bertz CT molecular complexity index is 1110. The number of hydrogen-bond acceptors (Lipinski definition) is 4. The van der Waals surface area contributed by atoms with E-state index in [-0.39, 0.29) is 11.3 Å². The van der Waals surface area contributed by atoms with Crippen LogP contribution in [0.3, 0.4) is 0 Å². The number of hydrogen-bond donors (Lipinski definition) is 2. The molecule has 0 aliphatic heterocycles. The maximum atomic E-state index is 14.6. The van der Waals surface area contributed by atoms with E-state index in [1.807, 2.05) is 55.7 Å². The van der Waals surface area contributed by atoms with Gasteiger partial charge in [-0.2, -0.15) is 0 Å². The number of aliphatic hydroxyl groups is 1. The van der Waals surface area contributed by atoms with Gasteiger partial charge in [-0.3, -0.25) is 4.79 Å². The Labute approximate surface area is 199 Å². The number of benzene rings is 2. The van der Waals surface area contributed by atoms with Crippen molar-refractivity contribution in [3.05, 3.63) is 77.8 Å². The Morgan fingerprint density at radius 3 is 2.50 bits per heavy atom. The first kappa shape index (κ1) is 25.5. The molecule has 2 aromatic carbocycles. The average molecular weight is 471 g/mol. The topological polar surface area (TPSA) is 84.4 Å². The lowest BCUT2D eigenvalue weighted by molar-refractivity contribution is -0.139. The number of aromatic nitrogens is 2. The first-order chi connectivity index (χ1) is 16.2. The van der Waals surface area contributed by atoms with Crippen molar-refractivity contribution >= 4 is 5.91 Å². The van der Waals surface area contributed by atoms with E-state index < -0.39 is 35.6 Å². The van der Waals surface area contributed by atoms with Crippen LogP contribution < -0.4 is 5.73 Å². The number of imidazole rings is 1. The van der Waals surface area contributed by atoms with Crippen LogP contribution in [0.1, 0.15) is 44.6 Å². The summed E-state index contributed by atoms with van der Waals surface area (Å²) in [5.74, 6) is -1.08. The maximum absolute atomic E-state index is 14.6. The zero-order valence-electron chi connectivity index (χ0n) is 19.8. The Morgan fingerprint density at radius 2 is 1.88 bits per heavy atom.